The van der Waals surface area contributed by atoms with Crippen molar-refractivity contribution >= 4 is 40.9 Å². The van der Waals surface area contributed by atoms with Gasteiger partial charge in [0.1, 0.15) is 5.75 Å². The summed E-state index contributed by atoms with van der Waals surface area (Å²) in [5.41, 5.74) is 6.19. The van der Waals surface area contributed by atoms with E-state index in [0.717, 1.165) is 0 Å². The third-order valence-corrected chi connectivity index (χ3v) is 4.24. The number of thioether (sulfide) groups is 1. The summed E-state index contributed by atoms with van der Waals surface area (Å²) in [5.74, 6) is 0.994. The number of para-hydroxylation sites is 1. The maximum Gasteiger partial charge on any atom is 0.248 e. The fourth-order valence-corrected chi connectivity index (χ4v) is 2.65. The molecule has 126 valence electrons. The van der Waals surface area contributed by atoms with Crippen LogP contribution in [0.5, 0.6) is 5.75 Å². The van der Waals surface area contributed by atoms with Crippen LogP contribution in [0.4, 0.5) is 5.69 Å². The van der Waals surface area contributed by atoms with Crippen molar-refractivity contribution < 1.29 is 14.3 Å². The van der Waals surface area contributed by atoms with Gasteiger partial charge in [0.05, 0.1) is 17.4 Å². The van der Waals surface area contributed by atoms with Gasteiger partial charge in [-0.05, 0) is 36.4 Å². The standard InChI is InChI=1S/C17H17ClN2O3S/c18-14-3-1-2-4-15(14)23-9-10-24-11-16(21)20-13-7-5-12(6-8-13)17(19)22/h1-8H,9-11H2,(H2,19,22)(H,20,21). The van der Waals surface area contributed by atoms with Gasteiger partial charge in [-0.1, -0.05) is 23.7 Å². The molecule has 24 heavy (non-hydrogen) atoms. The van der Waals surface area contributed by atoms with Gasteiger partial charge in [0.2, 0.25) is 11.8 Å². The molecule has 2 aromatic rings. The molecule has 3 N–H and O–H groups in total. The summed E-state index contributed by atoms with van der Waals surface area (Å²) in [5, 5.41) is 3.32. The fourth-order valence-electron chi connectivity index (χ4n) is 1.85. The molecule has 0 saturated heterocycles. The van der Waals surface area contributed by atoms with Crippen LogP contribution in [-0.2, 0) is 4.79 Å². The highest BCUT2D eigenvalue weighted by molar-refractivity contribution is 7.99. The Labute approximate surface area is 149 Å². The van der Waals surface area contributed by atoms with Gasteiger partial charge in [-0.25, -0.2) is 0 Å². The molecular formula is C17H17ClN2O3S. The van der Waals surface area contributed by atoms with Crippen molar-refractivity contribution in [2.24, 2.45) is 5.73 Å². The minimum absolute atomic E-state index is 0.121. The Morgan fingerprint density at radius 2 is 1.83 bits per heavy atom. The molecule has 0 spiro atoms. The number of amides is 2. The van der Waals surface area contributed by atoms with Gasteiger partial charge in [-0.15, -0.1) is 11.8 Å². The molecule has 0 fully saturated rings. The number of anilines is 1. The van der Waals surface area contributed by atoms with Crippen LogP contribution < -0.4 is 15.8 Å². The normalized spacial score (nSPS) is 10.2. The number of carbonyl (C=O) groups is 2. The molecule has 0 aliphatic heterocycles. The predicted molar refractivity (Wildman–Crippen MR) is 97.9 cm³/mol. The number of hydrogen-bond acceptors (Lipinski definition) is 4. The zero-order chi connectivity index (χ0) is 17.4. The van der Waals surface area contributed by atoms with E-state index in [1.54, 1.807) is 36.4 Å². The quantitative estimate of drug-likeness (QED) is 0.705. The highest BCUT2D eigenvalue weighted by Gasteiger charge is 2.05. The van der Waals surface area contributed by atoms with E-state index in [0.29, 0.717) is 40.1 Å². The predicted octanol–water partition coefficient (Wildman–Crippen LogP) is 3.19. The molecule has 5 nitrogen and oxygen atoms in total. The van der Waals surface area contributed by atoms with Crippen molar-refractivity contribution in [3.63, 3.8) is 0 Å². The summed E-state index contributed by atoms with van der Waals surface area (Å²) in [4.78, 5) is 22.8. The minimum atomic E-state index is -0.498. The molecule has 0 aromatic heterocycles. The number of benzene rings is 2. The van der Waals surface area contributed by atoms with E-state index in [-0.39, 0.29) is 5.91 Å². The Kier molecular flexibility index (Phi) is 6.96. The van der Waals surface area contributed by atoms with E-state index in [1.165, 1.54) is 11.8 Å². The van der Waals surface area contributed by atoms with Gasteiger partial charge in [0.15, 0.2) is 0 Å². The van der Waals surface area contributed by atoms with Gasteiger partial charge < -0.3 is 15.8 Å². The number of rotatable bonds is 8. The van der Waals surface area contributed by atoms with Crippen molar-refractivity contribution in [1.29, 1.82) is 0 Å². The van der Waals surface area contributed by atoms with Crippen LogP contribution in [-0.4, -0.2) is 29.9 Å². The zero-order valence-electron chi connectivity index (χ0n) is 12.8. The second-order valence-corrected chi connectivity index (χ2v) is 6.33. The molecule has 2 amide bonds. The molecule has 0 atom stereocenters. The zero-order valence-corrected chi connectivity index (χ0v) is 14.4. The van der Waals surface area contributed by atoms with Crippen LogP contribution in [0.3, 0.4) is 0 Å². The highest BCUT2D eigenvalue weighted by Crippen LogP contribution is 2.23. The summed E-state index contributed by atoms with van der Waals surface area (Å²) in [6, 6.07) is 13.7. The van der Waals surface area contributed by atoms with Crippen molar-refractivity contribution in [3.8, 4) is 5.75 Å². The van der Waals surface area contributed by atoms with Crippen LogP contribution in [0.1, 0.15) is 10.4 Å². The minimum Gasteiger partial charge on any atom is -0.491 e. The van der Waals surface area contributed by atoms with E-state index < -0.39 is 5.91 Å². The van der Waals surface area contributed by atoms with Crippen molar-refractivity contribution in [2.75, 3.05) is 23.4 Å². The van der Waals surface area contributed by atoms with E-state index in [2.05, 4.69) is 5.32 Å². The number of primary amides is 1. The molecule has 0 radical (unpaired) electrons. The Hall–Kier alpha value is -2.18. The molecule has 0 saturated carbocycles. The van der Waals surface area contributed by atoms with Gasteiger partial charge in [-0.3, -0.25) is 9.59 Å². The van der Waals surface area contributed by atoms with Gasteiger partial charge in [-0.2, -0.15) is 0 Å². The number of carbonyl (C=O) groups excluding carboxylic acids is 2. The Morgan fingerprint density at radius 1 is 1.12 bits per heavy atom. The first-order valence-corrected chi connectivity index (χ1v) is 8.74. The molecule has 0 aliphatic rings. The Morgan fingerprint density at radius 3 is 2.50 bits per heavy atom. The van der Waals surface area contributed by atoms with Crippen molar-refractivity contribution in [1.82, 2.24) is 0 Å². The molecule has 0 heterocycles. The van der Waals surface area contributed by atoms with Crippen LogP contribution in [0.25, 0.3) is 0 Å². The number of hydrogen-bond donors (Lipinski definition) is 2. The highest BCUT2D eigenvalue weighted by atomic mass is 35.5. The van der Waals surface area contributed by atoms with Crippen LogP contribution in [0.2, 0.25) is 5.02 Å². The van der Waals surface area contributed by atoms with E-state index in [4.69, 9.17) is 22.1 Å². The Bertz CT molecular complexity index is 707. The smallest absolute Gasteiger partial charge is 0.248 e. The summed E-state index contributed by atoms with van der Waals surface area (Å²) in [6.07, 6.45) is 0. The van der Waals surface area contributed by atoms with Gasteiger partial charge in [0.25, 0.3) is 0 Å². The first-order chi connectivity index (χ1) is 11.6. The summed E-state index contributed by atoms with van der Waals surface area (Å²) in [6.45, 7) is 0.467. The molecule has 0 aliphatic carbocycles. The second kappa shape index (κ2) is 9.20. The van der Waals surface area contributed by atoms with E-state index in [9.17, 15) is 9.59 Å². The average Bonchev–Trinajstić information content (AvgIpc) is 2.56. The van der Waals surface area contributed by atoms with Gasteiger partial charge in [0, 0.05) is 17.0 Å². The summed E-state index contributed by atoms with van der Waals surface area (Å²) >= 11 is 7.44. The molecule has 2 aromatic carbocycles. The van der Waals surface area contributed by atoms with Crippen molar-refractivity contribution in [3.05, 3.63) is 59.1 Å². The van der Waals surface area contributed by atoms with Crippen LogP contribution in [0, 0.1) is 0 Å². The lowest BCUT2D eigenvalue weighted by molar-refractivity contribution is -0.113. The lowest BCUT2D eigenvalue weighted by Gasteiger charge is -2.08. The lowest BCUT2D eigenvalue weighted by atomic mass is 10.2. The first-order valence-electron chi connectivity index (χ1n) is 7.21. The molecule has 0 unspecified atom stereocenters. The monoisotopic (exact) mass is 364 g/mol. The third-order valence-electron chi connectivity index (χ3n) is 3.01. The molecular weight excluding hydrogens is 348 g/mol. The number of halogens is 1. The number of nitrogens with two attached hydrogens (primary N) is 1. The van der Waals surface area contributed by atoms with E-state index in [1.807, 2.05) is 12.1 Å². The molecule has 7 heteroatoms. The topological polar surface area (TPSA) is 81.4 Å². The number of ether oxygens (including phenoxy) is 1. The maximum absolute atomic E-state index is 11.8. The van der Waals surface area contributed by atoms with Crippen LogP contribution in [0.15, 0.2) is 48.5 Å². The molecule has 0 bridgehead atoms. The average molecular weight is 365 g/mol. The van der Waals surface area contributed by atoms with E-state index >= 15 is 0 Å². The van der Waals surface area contributed by atoms with Crippen molar-refractivity contribution in [2.45, 2.75) is 0 Å². The fraction of sp³-hybridized carbons (Fsp3) is 0.176. The first kappa shape index (κ1) is 18.2. The maximum atomic E-state index is 11.8. The SMILES string of the molecule is NC(=O)c1ccc(NC(=O)CSCCOc2ccccc2Cl)cc1. The Balaban J connectivity index is 1.66. The lowest BCUT2D eigenvalue weighted by Crippen LogP contribution is -2.15. The van der Waals surface area contributed by atoms with Crippen LogP contribution >= 0.6 is 23.4 Å². The van der Waals surface area contributed by atoms with Gasteiger partial charge >= 0.3 is 0 Å². The largest absolute Gasteiger partial charge is 0.491 e. The second-order valence-electron chi connectivity index (χ2n) is 4.82. The third kappa shape index (κ3) is 5.79. The summed E-state index contributed by atoms with van der Waals surface area (Å²) < 4.78 is 5.54. The summed E-state index contributed by atoms with van der Waals surface area (Å²) in [7, 11) is 0. The number of nitrogens with one attached hydrogen (secondary N) is 1. The molecule has 2 rings (SSSR count).